The van der Waals surface area contributed by atoms with Gasteiger partial charge in [0.1, 0.15) is 11.2 Å². The minimum Gasteiger partial charge on any atom is -0.481 e. The first-order chi connectivity index (χ1) is 18.0. The maximum absolute atomic E-state index is 12.3. The molecule has 1 saturated carbocycles. The van der Waals surface area contributed by atoms with E-state index < -0.39 is 22.6 Å². The third-order valence-corrected chi connectivity index (χ3v) is 7.85. The summed E-state index contributed by atoms with van der Waals surface area (Å²) in [6.07, 6.45) is 4.55. The van der Waals surface area contributed by atoms with Crippen LogP contribution in [0.25, 0.3) is 0 Å². The molecule has 2 heterocycles. The van der Waals surface area contributed by atoms with Crippen LogP contribution in [0.2, 0.25) is 0 Å². The highest BCUT2D eigenvalue weighted by Crippen LogP contribution is 2.52. The fraction of sp³-hybridized carbons (Fsp3) is 0.862. The Labute approximate surface area is 233 Å². The zero-order chi connectivity index (χ0) is 29.6. The number of piperidine rings is 2. The summed E-state index contributed by atoms with van der Waals surface area (Å²) in [6.45, 7) is 17.3. The molecule has 1 aliphatic carbocycles. The molecular formula is C29H50N2O8. The van der Waals surface area contributed by atoms with E-state index in [1.165, 1.54) is 0 Å². The molecule has 0 atom stereocenters. The predicted molar refractivity (Wildman–Crippen MR) is 146 cm³/mol. The molecule has 0 radical (unpaired) electrons. The summed E-state index contributed by atoms with van der Waals surface area (Å²) in [7, 11) is 0. The molecule has 0 unspecified atom stereocenters. The molecule has 3 fully saturated rings. The van der Waals surface area contributed by atoms with Gasteiger partial charge in [0, 0.05) is 26.2 Å². The van der Waals surface area contributed by atoms with Gasteiger partial charge < -0.3 is 29.1 Å². The molecule has 0 bridgehead atoms. The van der Waals surface area contributed by atoms with Crippen molar-refractivity contribution in [3.8, 4) is 0 Å². The third-order valence-electron chi connectivity index (χ3n) is 7.85. The molecule has 2 amide bonds. The first kappa shape index (κ1) is 32.7. The maximum atomic E-state index is 12.3. The van der Waals surface area contributed by atoms with Crippen LogP contribution >= 0.6 is 0 Å². The highest BCUT2D eigenvalue weighted by molar-refractivity contribution is 5.78. The molecule has 224 valence electrons. The van der Waals surface area contributed by atoms with Gasteiger partial charge in [-0.1, -0.05) is 6.92 Å². The van der Waals surface area contributed by atoms with E-state index in [4.69, 9.17) is 14.2 Å². The van der Waals surface area contributed by atoms with Gasteiger partial charge in [-0.3, -0.25) is 9.59 Å². The minimum absolute atomic E-state index is 0.0728. The summed E-state index contributed by atoms with van der Waals surface area (Å²) in [5.41, 5.74) is -2.03. The fourth-order valence-electron chi connectivity index (χ4n) is 5.27. The van der Waals surface area contributed by atoms with Crippen molar-refractivity contribution in [1.82, 2.24) is 9.80 Å². The SMILES string of the molecule is CCC1(C(=O)O)CCN(C(=O)OC(C)(C)C)CC1.CCOC(=O)C1(C2CC2)CCN(C(=O)OC(C)(C)C)CC1. The van der Waals surface area contributed by atoms with Crippen LogP contribution in [0.4, 0.5) is 9.59 Å². The fourth-order valence-corrected chi connectivity index (χ4v) is 5.27. The van der Waals surface area contributed by atoms with E-state index in [0.717, 1.165) is 12.8 Å². The Morgan fingerprint density at radius 1 is 0.769 bits per heavy atom. The summed E-state index contributed by atoms with van der Waals surface area (Å²) >= 11 is 0. The molecule has 0 aromatic heterocycles. The van der Waals surface area contributed by atoms with Gasteiger partial charge in [0.15, 0.2) is 0 Å². The largest absolute Gasteiger partial charge is 0.481 e. The van der Waals surface area contributed by atoms with Gasteiger partial charge in [-0.25, -0.2) is 9.59 Å². The summed E-state index contributed by atoms with van der Waals surface area (Å²) < 4.78 is 16.0. The quantitative estimate of drug-likeness (QED) is 0.350. The second-order valence-corrected chi connectivity index (χ2v) is 13.0. The first-order valence-electron chi connectivity index (χ1n) is 14.3. The van der Waals surface area contributed by atoms with Crippen molar-refractivity contribution in [2.75, 3.05) is 32.8 Å². The zero-order valence-corrected chi connectivity index (χ0v) is 25.3. The smallest absolute Gasteiger partial charge is 0.410 e. The Bertz CT molecular complexity index is 869. The van der Waals surface area contributed by atoms with Crippen molar-refractivity contribution >= 4 is 24.1 Å². The van der Waals surface area contributed by atoms with Crippen LogP contribution in [0.3, 0.4) is 0 Å². The summed E-state index contributed by atoms with van der Waals surface area (Å²) in [5.74, 6) is -0.387. The highest BCUT2D eigenvalue weighted by atomic mass is 16.6. The molecule has 0 aromatic rings. The van der Waals surface area contributed by atoms with Gasteiger partial charge in [0.25, 0.3) is 0 Å². The average Bonchev–Trinajstić information content (AvgIpc) is 3.68. The van der Waals surface area contributed by atoms with E-state index in [1.54, 1.807) is 9.80 Å². The number of carbonyl (C=O) groups is 4. The number of esters is 1. The number of hydrogen-bond acceptors (Lipinski definition) is 7. The summed E-state index contributed by atoms with van der Waals surface area (Å²) in [4.78, 5) is 50.9. The van der Waals surface area contributed by atoms with Crippen LogP contribution in [-0.2, 0) is 23.8 Å². The minimum atomic E-state index is -0.756. The van der Waals surface area contributed by atoms with Crippen LogP contribution in [0.5, 0.6) is 0 Å². The van der Waals surface area contributed by atoms with Crippen molar-refractivity contribution in [3.05, 3.63) is 0 Å². The first-order valence-corrected chi connectivity index (χ1v) is 14.3. The number of amides is 2. The van der Waals surface area contributed by atoms with Crippen LogP contribution in [0.1, 0.15) is 100 Å². The molecule has 3 aliphatic rings. The molecule has 39 heavy (non-hydrogen) atoms. The van der Waals surface area contributed by atoms with E-state index in [9.17, 15) is 24.3 Å². The van der Waals surface area contributed by atoms with E-state index >= 15 is 0 Å². The van der Waals surface area contributed by atoms with E-state index in [0.29, 0.717) is 70.8 Å². The Morgan fingerprint density at radius 3 is 1.49 bits per heavy atom. The number of carboxylic acid groups (broad SMARTS) is 1. The normalized spacial score (nSPS) is 20.7. The lowest BCUT2D eigenvalue weighted by atomic mass is 9.74. The van der Waals surface area contributed by atoms with E-state index in [1.807, 2.05) is 55.4 Å². The zero-order valence-electron chi connectivity index (χ0n) is 25.3. The van der Waals surface area contributed by atoms with Crippen LogP contribution in [-0.4, -0.2) is 83.0 Å². The Morgan fingerprint density at radius 2 is 1.18 bits per heavy atom. The van der Waals surface area contributed by atoms with Gasteiger partial charge in [-0.2, -0.15) is 0 Å². The van der Waals surface area contributed by atoms with Gasteiger partial charge in [-0.15, -0.1) is 0 Å². The van der Waals surface area contributed by atoms with Crippen LogP contribution in [0, 0.1) is 16.7 Å². The molecule has 3 rings (SSSR count). The van der Waals surface area contributed by atoms with Crippen molar-refractivity contribution in [2.45, 2.75) is 112 Å². The van der Waals surface area contributed by atoms with Crippen LogP contribution in [0.15, 0.2) is 0 Å². The number of carboxylic acids is 1. The number of carbonyl (C=O) groups excluding carboxylic acids is 3. The van der Waals surface area contributed by atoms with Crippen molar-refractivity contribution in [1.29, 1.82) is 0 Å². The lowest BCUT2D eigenvalue weighted by Gasteiger charge is -2.40. The lowest BCUT2D eigenvalue weighted by Crippen LogP contribution is -2.49. The summed E-state index contributed by atoms with van der Waals surface area (Å²) in [5, 5.41) is 9.27. The molecule has 0 aromatic carbocycles. The number of ether oxygens (including phenoxy) is 3. The van der Waals surface area contributed by atoms with Gasteiger partial charge in [-0.05, 0) is 99.3 Å². The summed E-state index contributed by atoms with van der Waals surface area (Å²) in [6, 6.07) is 0. The van der Waals surface area contributed by atoms with Gasteiger partial charge in [0.2, 0.25) is 0 Å². The Kier molecular flexibility index (Phi) is 10.7. The molecule has 1 N–H and O–H groups in total. The van der Waals surface area contributed by atoms with Gasteiger partial charge >= 0.3 is 24.1 Å². The Hall–Kier alpha value is -2.52. The highest BCUT2D eigenvalue weighted by Gasteiger charge is 2.53. The van der Waals surface area contributed by atoms with Crippen molar-refractivity contribution < 1.29 is 38.5 Å². The standard InChI is InChI=1S/C16H27NO4.C13H23NO4/c1-5-20-13(18)16(12-6-7-12)8-10-17(11-9-16)14(19)21-15(2,3)4;1-5-13(10(15)16)6-8-14(9-7-13)11(17)18-12(2,3)4/h12H,5-11H2,1-4H3;5-9H2,1-4H3,(H,15,16). The monoisotopic (exact) mass is 554 g/mol. The lowest BCUT2D eigenvalue weighted by molar-refractivity contribution is -0.160. The number of hydrogen-bond donors (Lipinski definition) is 1. The molecular weight excluding hydrogens is 504 g/mol. The molecule has 10 heteroatoms. The topological polar surface area (TPSA) is 123 Å². The maximum Gasteiger partial charge on any atom is 0.410 e. The second kappa shape index (κ2) is 12.8. The second-order valence-electron chi connectivity index (χ2n) is 13.0. The number of aliphatic carboxylic acids is 1. The molecule has 10 nitrogen and oxygen atoms in total. The van der Waals surface area contributed by atoms with Crippen molar-refractivity contribution in [3.63, 3.8) is 0 Å². The van der Waals surface area contributed by atoms with E-state index in [2.05, 4.69) is 0 Å². The number of likely N-dealkylation sites (tertiary alicyclic amines) is 2. The van der Waals surface area contributed by atoms with E-state index in [-0.39, 0.29) is 23.6 Å². The number of nitrogens with zero attached hydrogens (tertiary/aromatic N) is 2. The molecule has 0 spiro atoms. The number of rotatable bonds is 5. The van der Waals surface area contributed by atoms with Crippen LogP contribution < -0.4 is 0 Å². The van der Waals surface area contributed by atoms with Crippen molar-refractivity contribution in [2.24, 2.45) is 16.7 Å². The predicted octanol–water partition coefficient (Wildman–Crippen LogP) is 5.48. The molecule has 2 aliphatic heterocycles. The van der Waals surface area contributed by atoms with Gasteiger partial charge in [0.05, 0.1) is 17.4 Å². The Balaban J connectivity index is 0.000000277. The third kappa shape index (κ3) is 9.00. The molecule has 2 saturated heterocycles. The average molecular weight is 555 g/mol.